The molecule has 1 aromatic rings. The molecule has 0 radical (unpaired) electrons. The topological polar surface area (TPSA) is 12.0 Å². The van der Waals surface area contributed by atoms with Crippen LogP contribution in [-0.4, -0.2) is 13.1 Å². The number of hydrogen-bond acceptors (Lipinski definition) is 2. The van der Waals surface area contributed by atoms with Crippen LogP contribution in [-0.2, 0) is 0 Å². The first-order valence-electron chi connectivity index (χ1n) is 5.62. The van der Waals surface area contributed by atoms with Gasteiger partial charge in [0.05, 0.1) is 0 Å². The summed E-state index contributed by atoms with van der Waals surface area (Å²) in [5, 5.41) is 5.64. The highest BCUT2D eigenvalue weighted by atomic mass is 32.1. The third-order valence-corrected chi connectivity index (χ3v) is 5.03. The second kappa shape index (κ2) is 3.35. The highest BCUT2D eigenvalue weighted by molar-refractivity contribution is 7.10. The summed E-state index contributed by atoms with van der Waals surface area (Å²) in [6, 6.07) is 4.50. The van der Waals surface area contributed by atoms with Gasteiger partial charge in [0.2, 0.25) is 0 Å². The molecule has 1 aliphatic heterocycles. The summed E-state index contributed by atoms with van der Waals surface area (Å²) in [5.74, 6) is 0.876. The average molecular weight is 207 g/mol. The molecule has 1 saturated carbocycles. The van der Waals surface area contributed by atoms with Crippen LogP contribution in [0.3, 0.4) is 0 Å². The Bertz CT molecular complexity index is 290. The molecule has 14 heavy (non-hydrogen) atoms. The van der Waals surface area contributed by atoms with Gasteiger partial charge in [0, 0.05) is 18.0 Å². The number of rotatable bonds is 1. The molecule has 1 spiro atoms. The van der Waals surface area contributed by atoms with Crippen LogP contribution >= 0.6 is 11.3 Å². The number of thiophene rings is 1. The quantitative estimate of drug-likeness (QED) is 0.746. The Morgan fingerprint density at radius 3 is 2.57 bits per heavy atom. The summed E-state index contributed by atoms with van der Waals surface area (Å²) in [5.41, 5.74) is 0.716. The van der Waals surface area contributed by atoms with Crippen LogP contribution in [0.5, 0.6) is 0 Å². The van der Waals surface area contributed by atoms with E-state index < -0.39 is 0 Å². The zero-order valence-electron chi connectivity index (χ0n) is 8.46. The van der Waals surface area contributed by atoms with Crippen molar-refractivity contribution < 1.29 is 0 Å². The summed E-state index contributed by atoms with van der Waals surface area (Å²) >= 11 is 1.94. The predicted octanol–water partition coefficient (Wildman–Crippen LogP) is 3.00. The van der Waals surface area contributed by atoms with Gasteiger partial charge in [-0.1, -0.05) is 6.07 Å². The molecule has 0 aromatic carbocycles. The third-order valence-electron chi connectivity index (χ3n) is 3.99. The van der Waals surface area contributed by atoms with Crippen molar-refractivity contribution >= 4 is 11.3 Å². The van der Waals surface area contributed by atoms with Crippen LogP contribution in [0.2, 0.25) is 0 Å². The summed E-state index contributed by atoms with van der Waals surface area (Å²) in [6.45, 7) is 2.56. The Morgan fingerprint density at radius 1 is 1.29 bits per heavy atom. The fourth-order valence-electron chi connectivity index (χ4n) is 2.87. The van der Waals surface area contributed by atoms with Gasteiger partial charge >= 0.3 is 0 Å². The largest absolute Gasteiger partial charge is 0.316 e. The molecule has 0 atom stereocenters. The number of hydrogen-bond donors (Lipinski definition) is 1. The van der Waals surface area contributed by atoms with Crippen LogP contribution in [0.25, 0.3) is 0 Å². The Labute approximate surface area is 89.5 Å². The molecule has 3 rings (SSSR count). The van der Waals surface area contributed by atoms with E-state index in [-0.39, 0.29) is 0 Å². The van der Waals surface area contributed by atoms with Crippen LogP contribution in [0.1, 0.15) is 36.5 Å². The molecule has 0 amide bonds. The predicted molar refractivity (Wildman–Crippen MR) is 60.8 cm³/mol. The minimum Gasteiger partial charge on any atom is -0.316 e. The zero-order valence-corrected chi connectivity index (χ0v) is 9.28. The Morgan fingerprint density at radius 2 is 2.07 bits per heavy atom. The fraction of sp³-hybridized carbons (Fsp3) is 0.667. The molecule has 0 unspecified atom stereocenters. The highest BCUT2D eigenvalue weighted by Crippen LogP contribution is 2.45. The molecule has 2 fully saturated rings. The summed E-state index contributed by atoms with van der Waals surface area (Å²) in [4.78, 5) is 1.62. The second-order valence-corrected chi connectivity index (χ2v) is 5.87. The first-order chi connectivity index (χ1) is 6.88. The van der Waals surface area contributed by atoms with Crippen LogP contribution in [0.15, 0.2) is 17.5 Å². The molecule has 1 N–H and O–H groups in total. The molecular weight excluding hydrogens is 190 g/mol. The Balaban J connectivity index is 1.65. The summed E-state index contributed by atoms with van der Waals surface area (Å²) in [6.07, 6.45) is 5.73. The monoisotopic (exact) mass is 207 g/mol. The second-order valence-electron chi connectivity index (χ2n) is 4.89. The van der Waals surface area contributed by atoms with Gasteiger partial charge in [0.25, 0.3) is 0 Å². The van der Waals surface area contributed by atoms with Crippen molar-refractivity contribution in [3.05, 3.63) is 22.4 Å². The van der Waals surface area contributed by atoms with Crippen LogP contribution in [0, 0.1) is 5.41 Å². The molecule has 2 heterocycles. The van der Waals surface area contributed by atoms with E-state index in [0.29, 0.717) is 5.41 Å². The zero-order chi connectivity index (χ0) is 9.43. The van der Waals surface area contributed by atoms with E-state index in [1.54, 1.807) is 4.88 Å². The van der Waals surface area contributed by atoms with Crippen molar-refractivity contribution in [3.8, 4) is 0 Å². The molecule has 1 aliphatic carbocycles. The molecule has 76 valence electrons. The SMILES string of the molecule is c1csc(C2CCC3(CC2)CNC3)c1. The molecule has 1 saturated heterocycles. The standard InChI is InChI=1S/C12H17NS/c1-2-11(14-7-1)10-3-5-12(6-4-10)8-13-9-12/h1-2,7,10,13H,3-6,8-9H2. The van der Waals surface area contributed by atoms with E-state index in [4.69, 9.17) is 0 Å². The van der Waals surface area contributed by atoms with E-state index >= 15 is 0 Å². The van der Waals surface area contributed by atoms with E-state index in [1.165, 1.54) is 38.8 Å². The molecule has 1 aromatic heterocycles. The lowest BCUT2D eigenvalue weighted by molar-refractivity contribution is 0.0980. The van der Waals surface area contributed by atoms with Crippen molar-refractivity contribution in [2.24, 2.45) is 5.41 Å². The van der Waals surface area contributed by atoms with Gasteiger partial charge in [0.15, 0.2) is 0 Å². The lowest BCUT2D eigenvalue weighted by Crippen LogP contribution is -2.54. The van der Waals surface area contributed by atoms with Crippen molar-refractivity contribution in [3.63, 3.8) is 0 Å². The lowest BCUT2D eigenvalue weighted by Gasteiger charge is -2.47. The first-order valence-corrected chi connectivity index (χ1v) is 6.50. The maximum absolute atomic E-state index is 3.42. The van der Waals surface area contributed by atoms with E-state index in [1.807, 2.05) is 11.3 Å². The van der Waals surface area contributed by atoms with E-state index in [2.05, 4.69) is 22.8 Å². The lowest BCUT2D eigenvalue weighted by atomic mass is 9.67. The normalized spacial score (nSPS) is 26.3. The van der Waals surface area contributed by atoms with Gasteiger partial charge in [0.1, 0.15) is 0 Å². The van der Waals surface area contributed by atoms with Crippen molar-refractivity contribution in [2.45, 2.75) is 31.6 Å². The molecule has 0 bridgehead atoms. The minimum atomic E-state index is 0.716. The van der Waals surface area contributed by atoms with E-state index in [0.717, 1.165) is 5.92 Å². The molecule has 2 heteroatoms. The maximum Gasteiger partial charge on any atom is 0.00761 e. The molecule has 2 aliphatic rings. The highest BCUT2D eigenvalue weighted by Gasteiger charge is 2.40. The fourth-order valence-corrected chi connectivity index (χ4v) is 3.77. The number of nitrogens with one attached hydrogen (secondary N) is 1. The molecule has 1 nitrogen and oxygen atoms in total. The molecular formula is C12H17NS. The maximum atomic E-state index is 3.42. The summed E-state index contributed by atoms with van der Waals surface area (Å²) in [7, 11) is 0. The van der Waals surface area contributed by atoms with Crippen LogP contribution < -0.4 is 5.32 Å². The minimum absolute atomic E-state index is 0.716. The Hall–Kier alpha value is -0.340. The van der Waals surface area contributed by atoms with Gasteiger partial charge in [-0.05, 0) is 48.5 Å². The third kappa shape index (κ3) is 1.41. The van der Waals surface area contributed by atoms with Gasteiger partial charge in [-0.2, -0.15) is 0 Å². The van der Waals surface area contributed by atoms with Gasteiger partial charge < -0.3 is 5.32 Å². The van der Waals surface area contributed by atoms with Crippen LogP contribution in [0.4, 0.5) is 0 Å². The van der Waals surface area contributed by atoms with Crippen molar-refractivity contribution in [1.82, 2.24) is 5.32 Å². The smallest absolute Gasteiger partial charge is 0.00761 e. The van der Waals surface area contributed by atoms with Gasteiger partial charge in [-0.3, -0.25) is 0 Å². The van der Waals surface area contributed by atoms with Gasteiger partial charge in [-0.15, -0.1) is 11.3 Å². The van der Waals surface area contributed by atoms with Crippen molar-refractivity contribution in [2.75, 3.05) is 13.1 Å². The van der Waals surface area contributed by atoms with Crippen molar-refractivity contribution in [1.29, 1.82) is 0 Å². The van der Waals surface area contributed by atoms with E-state index in [9.17, 15) is 0 Å². The summed E-state index contributed by atoms with van der Waals surface area (Å²) < 4.78 is 0. The average Bonchev–Trinajstić information content (AvgIpc) is 2.68. The first kappa shape index (κ1) is 8.93. The Kier molecular flexibility index (Phi) is 2.14. The van der Waals surface area contributed by atoms with Gasteiger partial charge in [-0.25, -0.2) is 0 Å².